The molecule has 3 aliphatic heterocycles. The number of aromatic nitrogens is 1. The van der Waals surface area contributed by atoms with E-state index in [0.29, 0.717) is 31.9 Å². The molecule has 2 N–H and O–H groups in total. The zero-order chi connectivity index (χ0) is 25.6. The van der Waals surface area contributed by atoms with Gasteiger partial charge in [-0.25, -0.2) is 9.37 Å². The molecule has 1 aromatic carbocycles. The second-order valence-electron chi connectivity index (χ2n) is 10.4. The highest BCUT2D eigenvalue weighted by atomic mass is 19.1. The number of likely N-dealkylation sites (tertiary alicyclic amines) is 1. The second-order valence-corrected chi connectivity index (χ2v) is 10.4. The lowest BCUT2D eigenvalue weighted by Crippen LogP contribution is -2.34. The molecule has 200 valence electrons. The Labute approximate surface area is 218 Å². The molecule has 2 fully saturated rings. The Kier molecular flexibility index (Phi) is 8.69. The van der Waals surface area contributed by atoms with Crippen molar-refractivity contribution in [1.29, 1.82) is 0 Å². The van der Waals surface area contributed by atoms with E-state index in [1.54, 1.807) is 6.07 Å². The molecule has 1 aromatic heterocycles. The first-order valence-electron chi connectivity index (χ1n) is 13.8. The quantitative estimate of drug-likeness (QED) is 0.432. The minimum atomic E-state index is -0.963. The van der Waals surface area contributed by atoms with E-state index in [9.17, 15) is 14.3 Å². The Hall–Kier alpha value is -2.55. The number of ether oxygens (including phenoxy) is 2. The van der Waals surface area contributed by atoms with E-state index in [0.717, 1.165) is 81.4 Å². The maximum atomic E-state index is 14.3. The first kappa shape index (κ1) is 26.1. The van der Waals surface area contributed by atoms with E-state index in [2.05, 4.69) is 17.4 Å². The number of nitrogens with zero attached hydrogens (tertiary/aromatic N) is 2. The lowest BCUT2D eigenvalue weighted by molar-refractivity contribution is -0.143. The highest BCUT2D eigenvalue weighted by Gasteiger charge is 2.36. The fraction of sp³-hybridized carbons (Fsp3) is 0.586. The molecule has 8 heteroatoms. The second kappa shape index (κ2) is 12.3. The van der Waals surface area contributed by atoms with Gasteiger partial charge in [-0.05, 0) is 92.7 Å². The molecular formula is C29H38FN3O4. The number of benzene rings is 1. The predicted octanol–water partition coefficient (Wildman–Crippen LogP) is 5.06. The normalized spacial score (nSPS) is 22.8. The Morgan fingerprint density at radius 2 is 2.14 bits per heavy atom. The molecule has 0 bridgehead atoms. The van der Waals surface area contributed by atoms with Crippen molar-refractivity contribution in [3.8, 4) is 0 Å². The summed E-state index contributed by atoms with van der Waals surface area (Å²) in [4.78, 5) is 19.1. The summed E-state index contributed by atoms with van der Waals surface area (Å²) in [6.45, 7) is 3.41. The third-order valence-electron chi connectivity index (χ3n) is 7.78. The van der Waals surface area contributed by atoms with Gasteiger partial charge in [-0.3, -0.25) is 9.69 Å². The average molecular weight is 512 g/mol. The summed E-state index contributed by atoms with van der Waals surface area (Å²) in [5, 5.41) is 13.5. The molecule has 3 aliphatic rings. The number of hydrogen-bond acceptors (Lipinski definition) is 6. The van der Waals surface area contributed by atoms with Gasteiger partial charge in [-0.1, -0.05) is 12.1 Å². The summed E-state index contributed by atoms with van der Waals surface area (Å²) in [6.07, 6.45) is 8.53. The van der Waals surface area contributed by atoms with Gasteiger partial charge in [0.1, 0.15) is 17.7 Å². The van der Waals surface area contributed by atoms with E-state index < -0.39 is 17.8 Å². The van der Waals surface area contributed by atoms with Gasteiger partial charge in [0.05, 0.1) is 12.2 Å². The average Bonchev–Trinajstić information content (AvgIpc) is 3.37. The van der Waals surface area contributed by atoms with Gasteiger partial charge in [0.25, 0.3) is 0 Å². The lowest BCUT2D eigenvalue weighted by atomic mass is 9.92. The zero-order valence-electron chi connectivity index (χ0n) is 21.5. The van der Waals surface area contributed by atoms with Crippen LogP contribution in [-0.2, 0) is 27.1 Å². The molecule has 0 saturated carbocycles. The highest BCUT2D eigenvalue weighted by molar-refractivity contribution is 5.76. The molecule has 7 nitrogen and oxygen atoms in total. The summed E-state index contributed by atoms with van der Waals surface area (Å²) in [7, 11) is 0. The van der Waals surface area contributed by atoms with Crippen LogP contribution in [0, 0.1) is 5.82 Å². The Bertz CT molecular complexity index is 1080. The largest absolute Gasteiger partial charge is 0.480 e. The van der Waals surface area contributed by atoms with Gasteiger partial charge in [0.15, 0.2) is 0 Å². The SMILES string of the molecule is O=C(O)[C@@H](c1cc(F)ccc1C1CCCCO1)N1CCC(OCCCCc2ccc3c(n2)NCCC3)C1. The zero-order valence-corrected chi connectivity index (χ0v) is 21.5. The van der Waals surface area contributed by atoms with Crippen molar-refractivity contribution >= 4 is 11.8 Å². The van der Waals surface area contributed by atoms with Gasteiger partial charge >= 0.3 is 5.97 Å². The summed E-state index contributed by atoms with van der Waals surface area (Å²) in [6, 6.07) is 7.90. The fourth-order valence-electron chi connectivity index (χ4n) is 5.84. The van der Waals surface area contributed by atoms with Crippen molar-refractivity contribution in [2.45, 2.75) is 76.0 Å². The summed E-state index contributed by atoms with van der Waals surface area (Å²) < 4.78 is 26.3. The van der Waals surface area contributed by atoms with Crippen LogP contribution >= 0.6 is 0 Å². The molecule has 37 heavy (non-hydrogen) atoms. The first-order valence-corrected chi connectivity index (χ1v) is 13.8. The van der Waals surface area contributed by atoms with Crippen molar-refractivity contribution in [3.63, 3.8) is 0 Å². The molecular weight excluding hydrogens is 473 g/mol. The standard InChI is InChI=1S/C29H38FN3O4/c30-21-10-12-24(26-8-2-4-17-37-26)25(18-21)27(29(34)35)33-15-13-23(19-33)36-16-3-1-7-22-11-9-20-6-5-14-31-28(20)32-22/h9-12,18,23,26-27H,1-8,13-17,19H2,(H,31,32)(H,34,35)/t23?,26?,27-/m1/s1. The molecule has 2 unspecified atom stereocenters. The Morgan fingerprint density at radius 3 is 2.97 bits per heavy atom. The number of carbonyl (C=O) groups is 1. The first-order chi connectivity index (χ1) is 18.1. The van der Waals surface area contributed by atoms with Crippen LogP contribution in [0.1, 0.15) is 79.5 Å². The summed E-state index contributed by atoms with van der Waals surface area (Å²) >= 11 is 0. The number of aryl methyl sites for hydroxylation is 2. The minimum Gasteiger partial charge on any atom is -0.480 e. The van der Waals surface area contributed by atoms with E-state index >= 15 is 0 Å². The molecule has 0 aliphatic carbocycles. The predicted molar refractivity (Wildman–Crippen MR) is 139 cm³/mol. The molecule has 0 spiro atoms. The molecule has 0 amide bonds. The number of fused-ring (bicyclic) bond motifs is 1. The van der Waals surface area contributed by atoms with Crippen LogP contribution in [-0.4, -0.2) is 59.9 Å². The number of halogens is 1. The van der Waals surface area contributed by atoms with Crippen molar-refractivity contribution in [1.82, 2.24) is 9.88 Å². The third kappa shape index (κ3) is 6.48. The van der Waals surface area contributed by atoms with Crippen LogP contribution in [0.2, 0.25) is 0 Å². The smallest absolute Gasteiger partial charge is 0.325 e. The lowest BCUT2D eigenvalue weighted by Gasteiger charge is -2.30. The van der Waals surface area contributed by atoms with E-state index in [-0.39, 0.29) is 12.2 Å². The number of pyridine rings is 1. The molecule has 2 saturated heterocycles. The van der Waals surface area contributed by atoms with E-state index in [1.165, 1.54) is 17.7 Å². The van der Waals surface area contributed by atoms with Crippen LogP contribution < -0.4 is 5.32 Å². The number of carboxylic acids is 1. The number of hydrogen-bond donors (Lipinski definition) is 2. The molecule has 2 aromatic rings. The summed E-state index contributed by atoms with van der Waals surface area (Å²) in [5.41, 5.74) is 3.72. The number of aliphatic carboxylic acids is 1. The Morgan fingerprint density at radius 1 is 1.22 bits per heavy atom. The number of nitrogens with one attached hydrogen (secondary N) is 1. The molecule has 5 rings (SSSR count). The molecule has 4 heterocycles. The fourth-order valence-corrected chi connectivity index (χ4v) is 5.84. The molecule has 0 radical (unpaired) electrons. The highest BCUT2D eigenvalue weighted by Crippen LogP contribution is 2.36. The minimum absolute atomic E-state index is 0.0177. The van der Waals surface area contributed by atoms with Crippen LogP contribution in [0.25, 0.3) is 0 Å². The van der Waals surface area contributed by atoms with E-state index in [4.69, 9.17) is 14.5 Å². The topological polar surface area (TPSA) is 83.9 Å². The summed E-state index contributed by atoms with van der Waals surface area (Å²) in [5.74, 6) is -0.345. The number of anilines is 1. The van der Waals surface area contributed by atoms with Gasteiger partial charge in [-0.2, -0.15) is 0 Å². The van der Waals surface area contributed by atoms with Crippen molar-refractivity contribution in [3.05, 3.63) is 58.5 Å². The van der Waals surface area contributed by atoms with Crippen molar-refractivity contribution < 1.29 is 23.8 Å². The Balaban J connectivity index is 1.13. The molecule has 3 atom stereocenters. The van der Waals surface area contributed by atoms with Crippen LogP contribution in [0.5, 0.6) is 0 Å². The van der Waals surface area contributed by atoms with Gasteiger partial charge < -0.3 is 19.9 Å². The van der Waals surface area contributed by atoms with Gasteiger partial charge in [-0.15, -0.1) is 0 Å². The van der Waals surface area contributed by atoms with Crippen LogP contribution in [0.15, 0.2) is 30.3 Å². The third-order valence-corrected chi connectivity index (χ3v) is 7.78. The van der Waals surface area contributed by atoms with Crippen molar-refractivity contribution in [2.24, 2.45) is 0 Å². The number of unbranched alkanes of at least 4 members (excludes halogenated alkanes) is 1. The maximum Gasteiger partial charge on any atom is 0.325 e. The van der Waals surface area contributed by atoms with Crippen LogP contribution in [0.3, 0.4) is 0 Å². The van der Waals surface area contributed by atoms with Crippen LogP contribution in [0.4, 0.5) is 10.2 Å². The monoisotopic (exact) mass is 511 g/mol. The van der Waals surface area contributed by atoms with Gasteiger partial charge in [0, 0.05) is 38.5 Å². The van der Waals surface area contributed by atoms with Gasteiger partial charge in [0.2, 0.25) is 0 Å². The maximum absolute atomic E-state index is 14.3. The number of carboxylic acid groups (broad SMARTS) is 1. The van der Waals surface area contributed by atoms with E-state index in [1.807, 2.05) is 4.90 Å². The van der Waals surface area contributed by atoms with Crippen molar-refractivity contribution in [2.75, 3.05) is 38.2 Å². The number of rotatable bonds is 10.